The van der Waals surface area contributed by atoms with E-state index in [1.807, 2.05) is 72.8 Å². The zero-order valence-electron chi connectivity index (χ0n) is 14.9. The second-order valence-corrected chi connectivity index (χ2v) is 6.11. The van der Waals surface area contributed by atoms with E-state index < -0.39 is 5.97 Å². The van der Waals surface area contributed by atoms with E-state index in [1.54, 1.807) is 12.1 Å². The molecule has 0 heterocycles. The minimum Gasteiger partial charge on any atom is -0.452 e. The van der Waals surface area contributed by atoms with Crippen LogP contribution in [0.2, 0.25) is 0 Å². The number of carbonyl (C=O) groups excluding carboxylic acids is 2. The van der Waals surface area contributed by atoms with E-state index >= 15 is 0 Å². The quantitative estimate of drug-likeness (QED) is 0.652. The summed E-state index contributed by atoms with van der Waals surface area (Å²) in [4.78, 5) is 23.9. The van der Waals surface area contributed by atoms with Crippen molar-refractivity contribution in [3.8, 4) is 11.1 Å². The first kappa shape index (κ1) is 18.4. The highest BCUT2D eigenvalue weighted by molar-refractivity contribution is 5.91. The number of carbonyl (C=O) groups is 2. The van der Waals surface area contributed by atoms with Crippen molar-refractivity contribution >= 4 is 11.9 Å². The molecule has 4 nitrogen and oxygen atoms in total. The summed E-state index contributed by atoms with van der Waals surface area (Å²) in [6.45, 7) is 0.222. The van der Waals surface area contributed by atoms with Gasteiger partial charge in [-0.25, -0.2) is 4.79 Å². The number of hydrogen-bond donors (Lipinski definition) is 1. The Morgan fingerprint density at radius 2 is 1.33 bits per heavy atom. The standard InChI is InChI=1S/C23H21NO3/c25-22(24-16-15-18-7-3-1-4-8-18)17-27-23(26)21-13-11-20(12-14-21)19-9-5-2-6-10-19/h1-14H,15-17H2,(H,24,25). The summed E-state index contributed by atoms with van der Waals surface area (Å²) in [6, 6.07) is 26.9. The van der Waals surface area contributed by atoms with Gasteiger partial charge in [0.05, 0.1) is 5.56 Å². The van der Waals surface area contributed by atoms with E-state index in [1.165, 1.54) is 0 Å². The molecule has 3 rings (SSSR count). The molecule has 0 aliphatic heterocycles. The van der Waals surface area contributed by atoms with Crippen LogP contribution in [0.15, 0.2) is 84.9 Å². The molecule has 3 aromatic carbocycles. The predicted molar refractivity (Wildman–Crippen MR) is 105 cm³/mol. The van der Waals surface area contributed by atoms with Crippen LogP contribution in [0, 0.1) is 0 Å². The Balaban J connectivity index is 1.44. The van der Waals surface area contributed by atoms with Gasteiger partial charge in [-0.15, -0.1) is 0 Å². The molecule has 1 amide bonds. The van der Waals surface area contributed by atoms with Gasteiger partial charge in [0.15, 0.2) is 6.61 Å². The largest absolute Gasteiger partial charge is 0.452 e. The van der Waals surface area contributed by atoms with E-state index in [9.17, 15) is 9.59 Å². The van der Waals surface area contributed by atoms with Gasteiger partial charge in [-0.05, 0) is 35.2 Å². The van der Waals surface area contributed by atoms with Crippen LogP contribution in [0.5, 0.6) is 0 Å². The third kappa shape index (κ3) is 5.54. The highest BCUT2D eigenvalue weighted by Crippen LogP contribution is 2.19. The molecule has 3 aromatic rings. The summed E-state index contributed by atoms with van der Waals surface area (Å²) in [7, 11) is 0. The molecule has 0 saturated carbocycles. The molecule has 0 atom stereocenters. The maximum absolute atomic E-state index is 12.1. The van der Waals surface area contributed by atoms with Crippen LogP contribution in [0.1, 0.15) is 15.9 Å². The van der Waals surface area contributed by atoms with Crippen LogP contribution in [0.3, 0.4) is 0 Å². The van der Waals surface area contributed by atoms with Gasteiger partial charge >= 0.3 is 5.97 Å². The monoisotopic (exact) mass is 359 g/mol. The number of amides is 1. The molecule has 0 saturated heterocycles. The Kier molecular flexibility index (Phi) is 6.36. The van der Waals surface area contributed by atoms with E-state index in [0.717, 1.165) is 23.1 Å². The molecule has 0 radical (unpaired) electrons. The maximum atomic E-state index is 12.1. The van der Waals surface area contributed by atoms with Crippen molar-refractivity contribution < 1.29 is 14.3 Å². The van der Waals surface area contributed by atoms with Crippen molar-refractivity contribution in [1.29, 1.82) is 0 Å². The first-order chi connectivity index (χ1) is 13.2. The van der Waals surface area contributed by atoms with Gasteiger partial charge in [-0.1, -0.05) is 72.8 Å². The van der Waals surface area contributed by atoms with Gasteiger partial charge in [0.2, 0.25) is 0 Å². The van der Waals surface area contributed by atoms with E-state index in [2.05, 4.69) is 5.32 Å². The van der Waals surface area contributed by atoms with Gasteiger partial charge < -0.3 is 10.1 Å². The first-order valence-electron chi connectivity index (χ1n) is 8.85. The van der Waals surface area contributed by atoms with Gasteiger partial charge in [-0.3, -0.25) is 4.79 Å². The van der Waals surface area contributed by atoms with Crippen LogP contribution in [-0.4, -0.2) is 25.0 Å². The van der Waals surface area contributed by atoms with Crippen molar-refractivity contribution in [2.24, 2.45) is 0 Å². The van der Waals surface area contributed by atoms with Gasteiger partial charge in [-0.2, -0.15) is 0 Å². The first-order valence-corrected chi connectivity index (χ1v) is 8.85. The second kappa shape index (κ2) is 9.34. The Morgan fingerprint density at radius 3 is 2.00 bits per heavy atom. The number of benzene rings is 3. The smallest absolute Gasteiger partial charge is 0.338 e. The van der Waals surface area contributed by atoms with Crippen molar-refractivity contribution in [2.45, 2.75) is 6.42 Å². The average molecular weight is 359 g/mol. The lowest BCUT2D eigenvalue weighted by molar-refractivity contribution is -0.124. The Bertz CT molecular complexity index is 875. The maximum Gasteiger partial charge on any atom is 0.338 e. The number of rotatable bonds is 7. The average Bonchev–Trinajstić information content (AvgIpc) is 2.73. The lowest BCUT2D eigenvalue weighted by Gasteiger charge is -2.07. The van der Waals surface area contributed by atoms with E-state index in [0.29, 0.717) is 12.1 Å². The Labute approximate surface area is 158 Å². The molecule has 136 valence electrons. The lowest BCUT2D eigenvalue weighted by atomic mass is 10.0. The fraction of sp³-hybridized carbons (Fsp3) is 0.130. The molecule has 0 aromatic heterocycles. The molecule has 0 aliphatic carbocycles. The molecule has 1 N–H and O–H groups in total. The summed E-state index contributed by atoms with van der Waals surface area (Å²) < 4.78 is 5.09. The van der Waals surface area contributed by atoms with Gasteiger partial charge in [0.1, 0.15) is 0 Å². The summed E-state index contributed by atoms with van der Waals surface area (Å²) in [5, 5.41) is 2.75. The summed E-state index contributed by atoms with van der Waals surface area (Å²) in [6.07, 6.45) is 0.738. The SMILES string of the molecule is O=C(COC(=O)c1ccc(-c2ccccc2)cc1)NCCc1ccccc1. The molecule has 0 unspecified atom stereocenters. The molecule has 0 fully saturated rings. The highest BCUT2D eigenvalue weighted by Gasteiger charge is 2.10. The summed E-state index contributed by atoms with van der Waals surface area (Å²) >= 11 is 0. The fourth-order valence-electron chi connectivity index (χ4n) is 2.69. The van der Waals surface area contributed by atoms with E-state index in [-0.39, 0.29) is 12.5 Å². The topological polar surface area (TPSA) is 55.4 Å². The molecular formula is C23H21NO3. The van der Waals surface area contributed by atoms with Crippen molar-refractivity contribution in [1.82, 2.24) is 5.32 Å². The normalized spacial score (nSPS) is 10.2. The molecule has 0 aliphatic rings. The minimum absolute atomic E-state index is 0.284. The van der Waals surface area contributed by atoms with Gasteiger partial charge in [0, 0.05) is 6.54 Å². The molecule has 0 bridgehead atoms. The number of esters is 1. The summed E-state index contributed by atoms with van der Waals surface area (Å²) in [5.74, 6) is -0.812. The zero-order valence-corrected chi connectivity index (χ0v) is 14.9. The Hall–Kier alpha value is -3.40. The Morgan fingerprint density at radius 1 is 0.741 bits per heavy atom. The van der Waals surface area contributed by atoms with Crippen molar-refractivity contribution in [3.63, 3.8) is 0 Å². The second-order valence-electron chi connectivity index (χ2n) is 6.11. The minimum atomic E-state index is -0.507. The van der Waals surface area contributed by atoms with Crippen LogP contribution < -0.4 is 5.32 Å². The molecule has 0 spiro atoms. The highest BCUT2D eigenvalue weighted by atomic mass is 16.5. The fourth-order valence-corrected chi connectivity index (χ4v) is 2.69. The zero-order chi connectivity index (χ0) is 18.9. The van der Waals surface area contributed by atoms with Gasteiger partial charge in [0.25, 0.3) is 5.91 Å². The predicted octanol–water partition coefficient (Wildman–Crippen LogP) is 3.87. The molecular weight excluding hydrogens is 338 g/mol. The van der Waals surface area contributed by atoms with Crippen LogP contribution >= 0.6 is 0 Å². The van der Waals surface area contributed by atoms with Crippen molar-refractivity contribution in [3.05, 3.63) is 96.1 Å². The summed E-state index contributed by atoms with van der Waals surface area (Å²) in [5.41, 5.74) is 3.67. The number of ether oxygens (including phenoxy) is 1. The van der Waals surface area contributed by atoms with Crippen molar-refractivity contribution in [2.75, 3.05) is 13.2 Å². The molecule has 4 heteroatoms. The third-order valence-corrected chi connectivity index (χ3v) is 4.14. The van der Waals surface area contributed by atoms with Crippen LogP contribution in [0.25, 0.3) is 11.1 Å². The molecule has 27 heavy (non-hydrogen) atoms. The third-order valence-electron chi connectivity index (χ3n) is 4.14. The lowest BCUT2D eigenvalue weighted by Crippen LogP contribution is -2.30. The van der Waals surface area contributed by atoms with Crippen LogP contribution in [-0.2, 0) is 16.0 Å². The number of nitrogens with one attached hydrogen (secondary N) is 1. The number of hydrogen-bond acceptors (Lipinski definition) is 3. The van der Waals surface area contributed by atoms with E-state index in [4.69, 9.17) is 4.74 Å². The van der Waals surface area contributed by atoms with Crippen LogP contribution in [0.4, 0.5) is 0 Å².